The van der Waals surface area contributed by atoms with Crippen LogP contribution in [0.25, 0.3) is 10.9 Å². The minimum atomic E-state index is -1.76. The Hall–Kier alpha value is -2.26. The van der Waals surface area contributed by atoms with E-state index in [2.05, 4.69) is 4.98 Å². The maximum absolute atomic E-state index is 11.1. The lowest BCUT2D eigenvalue weighted by molar-refractivity contribution is -0.270. The number of benzene rings is 1. The molecule has 0 saturated carbocycles. The van der Waals surface area contributed by atoms with Crippen molar-refractivity contribution in [1.82, 2.24) is 4.98 Å². The number of carboxylic acids is 1. The Morgan fingerprint density at radius 1 is 1.09 bits per heavy atom. The van der Waals surface area contributed by atoms with Gasteiger partial charge in [-0.2, -0.15) is 0 Å². The number of rotatable bonds is 3. The van der Waals surface area contributed by atoms with Gasteiger partial charge < -0.3 is 29.9 Å². The van der Waals surface area contributed by atoms with E-state index in [9.17, 15) is 20.1 Å². The first-order valence-electron chi connectivity index (χ1n) is 6.92. The highest BCUT2D eigenvalue weighted by atomic mass is 16.7. The van der Waals surface area contributed by atoms with E-state index in [1.165, 1.54) is 0 Å². The minimum absolute atomic E-state index is 0.264. The minimum Gasteiger partial charge on any atom is -0.479 e. The first-order chi connectivity index (χ1) is 11.0. The summed E-state index contributed by atoms with van der Waals surface area (Å²) in [7, 11) is 0. The highest BCUT2D eigenvalue weighted by Gasteiger charge is 2.48. The fraction of sp³-hybridized carbons (Fsp3) is 0.333. The number of aliphatic hydroxyl groups excluding tert-OH is 3. The van der Waals surface area contributed by atoms with Crippen LogP contribution in [-0.2, 0) is 9.53 Å². The average Bonchev–Trinajstić information content (AvgIpc) is 2.55. The van der Waals surface area contributed by atoms with Crippen LogP contribution in [0.3, 0.4) is 0 Å². The van der Waals surface area contributed by atoms with Gasteiger partial charge in [-0.05, 0) is 12.1 Å². The molecule has 8 nitrogen and oxygen atoms in total. The van der Waals surface area contributed by atoms with E-state index in [-0.39, 0.29) is 5.75 Å². The van der Waals surface area contributed by atoms with Crippen molar-refractivity contribution in [1.29, 1.82) is 0 Å². The molecular weight excluding hydrogens is 306 g/mol. The normalized spacial score (nSPS) is 31.0. The van der Waals surface area contributed by atoms with Crippen LogP contribution >= 0.6 is 0 Å². The smallest absolute Gasteiger partial charge is 0.335 e. The van der Waals surface area contributed by atoms with Crippen LogP contribution in [0.2, 0.25) is 0 Å². The number of aliphatic carboxylic acids is 1. The number of aliphatic hydroxyl groups is 3. The third kappa shape index (κ3) is 2.84. The summed E-state index contributed by atoms with van der Waals surface area (Å²) in [5.41, 5.74) is 0.498. The van der Waals surface area contributed by atoms with E-state index in [1.54, 1.807) is 24.4 Å². The Morgan fingerprint density at radius 2 is 1.83 bits per heavy atom. The summed E-state index contributed by atoms with van der Waals surface area (Å²) in [4.78, 5) is 15.3. The molecule has 0 aliphatic carbocycles. The zero-order valence-electron chi connectivity index (χ0n) is 11.8. The molecule has 0 bridgehead atoms. The fourth-order valence-electron chi connectivity index (χ4n) is 2.45. The Morgan fingerprint density at radius 3 is 2.57 bits per heavy atom. The second-order valence-corrected chi connectivity index (χ2v) is 5.18. The van der Waals surface area contributed by atoms with Crippen molar-refractivity contribution in [2.75, 3.05) is 0 Å². The molecule has 1 saturated heterocycles. The van der Waals surface area contributed by atoms with Crippen molar-refractivity contribution < 1.29 is 34.7 Å². The highest BCUT2D eigenvalue weighted by molar-refractivity contribution is 5.84. The number of hydrogen-bond acceptors (Lipinski definition) is 7. The van der Waals surface area contributed by atoms with Gasteiger partial charge in [-0.25, -0.2) is 4.79 Å². The largest absolute Gasteiger partial charge is 0.479 e. The molecule has 4 N–H and O–H groups in total. The van der Waals surface area contributed by atoms with E-state index in [1.807, 2.05) is 12.1 Å². The second-order valence-electron chi connectivity index (χ2n) is 5.18. The van der Waals surface area contributed by atoms with E-state index >= 15 is 0 Å². The Kier molecular flexibility index (Phi) is 4.14. The zero-order chi connectivity index (χ0) is 16.6. The summed E-state index contributed by atoms with van der Waals surface area (Å²) in [5, 5.41) is 39.2. The fourth-order valence-corrected chi connectivity index (χ4v) is 2.45. The summed E-state index contributed by atoms with van der Waals surface area (Å²) in [6.45, 7) is 0. The summed E-state index contributed by atoms with van der Waals surface area (Å²) in [6.07, 6.45) is -6.68. The monoisotopic (exact) mass is 321 g/mol. The van der Waals surface area contributed by atoms with E-state index < -0.39 is 36.7 Å². The number of hydrogen-bond donors (Lipinski definition) is 4. The van der Waals surface area contributed by atoms with Gasteiger partial charge in [-0.3, -0.25) is 4.98 Å². The molecule has 0 spiro atoms. The zero-order valence-corrected chi connectivity index (χ0v) is 11.8. The van der Waals surface area contributed by atoms with E-state index in [4.69, 9.17) is 14.6 Å². The number of fused-ring (bicyclic) bond motifs is 1. The SMILES string of the molecule is O=C(O)C1O[C@@H](Oc2cccc3cccnc23)C(O)[C@H](O)[C@@H]1O. The molecule has 2 unspecified atom stereocenters. The van der Waals surface area contributed by atoms with Crippen LogP contribution in [0.1, 0.15) is 0 Å². The van der Waals surface area contributed by atoms with Crippen LogP contribution in [0.15, 0.2) is 36.5 Å². The van der Waals surface area contributed by atoms with Gasteiger partial charge >= 0.3 is 5.97 Å². The number of ether oxygens (including phenoxy) is 2. The molecule has 2 aromatic rings. The maximum atomic E-state index is 11.1. The van der Waals surface area contributed by atoms with Crippen molar-refractivity contribution >= 4 is 16.9 Å². The lowest BCUT2D eigenvalue weighted by atomic mass is 9.99. The second kappa shape index (κ2) is 6.09. The first-order valence-corrected chi connectivity index (χ1v) is 6.92. The van der Waals surface area contributed by atoms with Gasteiger partial charge in [0.1, 0.15) is 29.6 Å². The van der Waals surface area contributed by atoms with Gasteiger partial charge in [0.25, 0.3) is 0 Å². The van der Waals surface area contributed by atoms with Gasteiger partial charge in [-0.15, -0.1) is 0 Å². The molecule has 1 aromatic carbocycles. The number of para-hydroxylation sites is 1. The van der Waals surface area contributed by atoms with Crippen molar-refractivity contribution in [2.24, 2.45) is 0 Å². The molecule has 122 valence electrons. The number of carbonyl (C=O) groups is 1. The molecule has 0 radical (unpaired) electrons. The summed E-state index contributed by atoms with van der Waals surface area (Å²) in [6, 6.07) is 8.66. The number of nitrogens with zero attached hydrogens (tertiary/aromatic N) is 1. The summed E-state index contributed by atoms with van der Waals surface area (Å²) < 4.78 is 10.6. The van der Waals surface area contributed by atoms with Crippen LogP contribution in [-0.4, -0.2) is 62.1 Å². The van der Waals surface area contributed by atoms with Gasteiger partial charge in [0.05, 0.1) is 0 Å². The van der Waals surface area contributed by atoms with Gasteiger partial charge in [0.15, 0.2) is 6.10 Å². The molecule has 1 aliphatic rings. The van der Waals surface area contributed by atoms with Crippen LogP contribution in [0.5, 0.6) is 5.75 Å². The summed E-state index contributed by atoms with van der Waals surface area (Å²) >= 11 is 0. The molecule has 0 amide bonds. The van der Waals surface area contributed by atoms with Crippen LogP contribution in [0, 0.1) is 0 Å². The molecule has 1 fully saturated rings. The number of carboxylic acid groups (broad SMARTS) is 1. The Labute approximate surface area is 130 Å². The van der Waals surface area contributed by atoms with Crippen molar-refractivity contribution in [3.8, 4) is 5.75 Å². The molecule has 1 aliphatic heterocycles. The van der Waals surface area contributed by atoms with Crippen molar-refractivity contribution in [3.05, 3.63) is 36.5 Å². The Bertz CT molecular complexity index is 717. The number of pyridine rings is 1. The molecule has 8 heteroatoms. The first kappa shape index (κ1) is 15.6. The van der Waals surface area contributed by atoms with Crippen molar-refractivity contribution in [2.45, 2.75) is 30.7 Å². The molecule has 1 aromatic heterocycles. The summed E-state index contributed by atoms with van der Waals surface area (Å²) in [5.74, 6) is -1.20. The highest BCUT2D eigenvalue weighted by Crippen LogP contribution is 2.28. The standard InChI is InChI=1S/C15H15NO7/c17-10-11(18)13(14(20)21)23-15(12(10)19)22-8-5-1-3-7-4-2-6-16-9(7)8/h1-6,10-13,15,17-19H,(H,20,21)/t10-,11+,12?,13?,15-/m1/s1. The third-order valence-electron chi connectivity index (χ3n) is 3.65. The van der Waals surface area contributed by atoms with E-state index in [0.717, 1.165) is 5.39 Å². The average molecular weight is 321 g/mol. The predicted octanol–water partition coefficient (Wildman–Crippen LogP) is -0.494. The van der Waals surface area contributed by atoms with Crippen LogP contribution < -0.4 is 4.74 Å². The maximum Gasteiger partial charge on any atom is 0.335 e. The molecule has 3 rings (SSSR count). The quantitative estimate of drug-likeness (QED) is 0.596. The Balaban J connectivity index is 1.90. The van der Waals surface area contributed by atoms with E-state index in [0.29, 0.717) is 5.52 Å². The van der Waals surface area contributed by atoms with Crippen molar-refractivity contribution in [3.63, 3.8) is 0 Å². The predicted molar refractivity (Wildman–Crippen MR) is 76.7 cm³/mol. The van der Waals surface area contributed by atoms with Gasteiger partial charge in [-0.1, -0.05) is 18.2 Å². The third-order valence-corrected chi connectivity index (χ3v) is 3.65. The molecule has 23 heavy (non-hydrogen) atoms. The topological polar surface area (TPSA) is 129 Å². The lowest BCUT2D eigenvalue weighted by Gasteiger charge is -2.38. The lowest BCUT2D eigenvalue weighted by Crippen LogP contribution is -2.61. The van der Waals surface area contributed by atoms with Gasteiger partial charge in [0, 0.05) is 11.6 Å². The van der Waals surface area contributed by atoms with Gasteiger partial charge in [0.2, 0.25) is 6.29 Å². The van der Waals surface area contributed by atoms with Crippen LogP contribution in [0.4, 0.5) is 0 Å². The molecule has 2 heterocycles. The molecular formula is C15H15NO7. The number of aromatic nitrogens is 1. The molecule has 5 atom stereocenters.